The summed E-state index contributed by atoms with van der Waals surface area (Å²) < 4.78 is 11.2. The predicted octanol–water partition coefficient (Wildman–Crippen LogP) is 3.82. The van der Waals surface area contributed by atoms with Crippen molar-refractivity contribution in [3.63, 3.8) is 0 Å². The minimum Gasteiger partial charge on any atom is -0.493 e. The fourth-order valence-electron chi connectivity index (χ4n) is 2.68. The number of methoxy groups -OCH3 is 1. The van der Waals surface area contributed by atoms with Gasteiger partial charge in [-0.3, -0.25) is 14.5 Å². The van der Waals surface area contributed by atoms with Gasteiger partial charge in [-0.1, -0.05) is 30.2 Å². The second kappa shape index (κ2) is 9.01. The van der Waals surface area contributed by atoms with Crippen LogP contribution in [-0.2, 0) is 11.4 Å². The molecule has 1 heterocycles. The largest absolute Gasteiger partial charge is 0.493 e. The van der Waals surface area contributed by atoms with Crippen molar-refractivity contribution in [2.24, 2.45) is 0 Å². The van der Waals surface area contributed by atoms with E-state index < -0.39 is 5.91 Å². The van der Waals surface area contributed by atoms with Gasteiger partial charge >= 0.3 is 0 Å². The summed E-state index contributed by atoms with van der Waals surface area (Å²) in [5.74, 6) is 2.86. The lowest BCUT2D eigenvalue weighted by Gasteiger charge is -2.12. The number of amides is 2. The number of benzene rings is 2. The Morgan fingerprint density at radius 1 is 1.21 bits per heavy atom. The molecule has 6 nitrogen and oxygen atoms in total. The molecule has 3 rings (SSSR count). The van der Waals surface area contributed by atoms with E-state index in [0.717, 1.165) is 22.2 Å². The third-order valence-corrected chi connectivity index (χ3v) is 5.04. The molecule has 0 unspecified atom stereocenters. The Kier molecular flexibility index (Phi) is 6.23. The van der Waals surface area contributed by atoms with Crippen LogP contribution in [0, 0.1) is 23.7 Å². The molecule has 0 N–H and O–H groups in total. The molecule has 0 bridgehead atoms. The fourth-order valence-corrected chi connectivity index (χ4v) is 3.52. The molecule has 0 saturated carbocycles. The summed E-state index contributed by atoms with van der Waals surface area (Å²) in [6.07, 6.45) is 6.81. The summed E-state index contributed by atoms with van der Waals surface area (Å²) in [4.78, 5) is 25.5. The Morgan fingerprint density at radius 2 is 2.00 bits per heavy atom. The van der Waals surface area contributed by atoms with Gasteiger partial charge in [-0.2, -0.15) is 5.26 Å². The molecule has 2 amide bonds. The maximum Gasteiger partial charge on any atom is 0.294 e. The molecule has 1 aliphatic rings. The van der Waals surface area contributed by atoms with Gasteiger partial charge in [-0.05, 0) is 41.6 Å². The van der Waals surface area contributed by atoms with Crippen molar-refractivity contribution in [1.82, 2.24) is 4.90 Å². The van der Waals surface area contributed by atoms with Gasteiger partial charge < -0.3 is 9.47 Å². The zero-order chi connectivity index (χ0) is 20.8. The van der Waals surface area contributed by atoms with Gasteiger partial charge in [0.25, 0.3) is 11.1 Å². The van der Waals surface area contributed by atoms with Crippen LogP contribution in [0.4, 0.5) is 4.79 Å². The van der Waals surface area contributed by atoms with Crippen LogP contribution >= 0.6 is 11.8 Å². The predicted molar refractivity (Wildman–Crippen MR) is 110 cm³/mol. The quantitative estimate of drug-likeness (QED) is 0.538. The minimum absolute atomic E-state index is 0.0533. The monoisotopic (exact) mass is 404 g/mol. The van der Waals surface area contributed by atoms with Crippen molar-refractivity contribution >= 4 is 29.0 Å². The zero-order valence-electron chi connectivity index (χ0n) is 15.5. The average molecular weight is 404 g/mol. The fraction of sp³-hybridized carbons (Fsp3) is 0.136. The van der Waals surface area contributed by atoms with Gasteiger partial charge in [0, 0.05) is 5.56 Å². The maximum absolute atomic E-state index is 12.3. The van der Waals surface area contributed by atoms with Gasteiger partial charge in [0.1, 0.15) is 6.61 Å². The minimum atomic E-state index is -0.412. The van der Waals surface area contributed by atoms with E-state index in [4.69, 9.17) is 15.9 Å². The van der Waals surface area contributed by atoms with Crippen LogP contribution in [0.1, 0.15) is 16.7 Å². The number of nitriles is 1. The van der Waals surface area contributed by atoms with E-state index in [-0.39, 0.29) is 18.4 Å². The first kappa shape index (κ1) is 20.1. The first-order valence-electron chi connectivity index (χ1n) is 8.55. The van der Waals surface area contributed by atoms with E-state index in [1.54, 1.807) is 36.4 Å². The molecule has 1 aliphatic heterocycles. The number of hydrogen-bond donors (Lipinski definition) is 0. The third-order valence-electron chi connectivity index (χ3n) is 4.13. The number of imide groups is 1. The highest BCUT2D eigenvalue weighted by molar-refractivity contribution is 8.18. The van der Waals surface area contributed by atoms with Crippen LogP contribution in [0.2, 0.25) is 0 Å². The topological polar surface area (TPSA) is 79.6 Å². The van der Waals surface area contributed by atoms with E-state index in [2.05, 4.69) is 12.0 Å². The number of terminal acetylenes is 1. The van der Waals surface area contributed by atoms with E-state index >= 15 is 0 Å². The maximum atomic E-state index is 12.3. The molecular formula is C22H16N2O4S. The number of rotatable bonds is 6. The van der Waals surface area contributed by atoms with Crippen LogP contribution in [0.15, 0.2) is 47.4 Å². The van der Waals surface area contributed by atoms with Crippen LogP contribution in [0.5, 0.6) is 11.5 Å². The summed E-state index contributed by atoms with van der Waals surface area (Å²) in [7, 11) is 1.51. The standard InChI is InChI=1S/C22H16N2O4S/c1-3-10-24-21(25)20(29-22(24)26)12-15-8-9-18(19(11-15)27-2)28-14-17-7-5-4-6-16(17)13-23/h1,4-9,11-12H,10,14H2,2H3/b20-12-. The van der Waals surface area contributed by atoms with E-state index in [1.807, 2.05) is 12.1 Å². The molecule has 2 aromatic carbocycles. The SMILES string of the molecule is C#CCN1C(=O)S/C(=C\c2ccc(OCc3ccccc3C#N)c(OC)c2)C1=O. The molecule has 7 heteroatoms. The van der Waals surface area contributed by atoms with E-state index in [1.165, 1.54) is 7.11 Å². The van der Waals surface area contributed by atoms with E-state index in [9.17, 15) is 14.9 Å². The highest BCUT2D eigenvalue weighted by Gasteiger charge is 2.34. The second-order valence-corrected chi connectivity index (χ2v) is 6.93. The van der Waals surface area contributed by atoms with Crippen molar-refractivity contribution < 1.29 is 19.1 Å². The van der Waals surface area contributed by atoms with Crippen LogP contribution < -0.4 is 9.47 Å². The number of thioether (sulfide) groups is 1. The Morgan fingerprint density at radius 3 is 2.72 bits per heavy atom. The van der Waals surface area contributed by atoms with Crippen molar-refractivity contribution in [2.75, 3.05) is 13.7 Å². The highest BCUT2D eigenvalue weighted by Crippen LogP contribution is 2.34. The lowest BCUT2D eigenvalue weighted by Crippen LogP contribution is -2.28. The summed E-state index contributed by atoms with van der Waals surface area (Å²) >= 11 is 0.846. The highest BCUT2D eigenvalue weighted by atomic mass is 32.2. The molecule has 1 saturated heterocycles. The molecule has 0 radical (unpaired) electrons. The first-order valence-corrected chi connectivity index (χ1v) is 9.36. The summed E-state index contributed by atoms with van der Waals surface area (Å²) in [5, 5.41) is 8.79. The number of carbonyl (C=O) groups is 2. The number of carbonyl (C=O) groups excluding carboxylic acids is 2. The van der Waals surface area contributed by atoms with Crippen LogP contribution in [0.3, 0.4) is 0 Å². The normalized spacial score (nSPS) is 14.6. The van der Waals surface area contributed by atoms with Gasteiger partial charge in [0.2, 0.25) is 0 Å². The Labute approximate surface area is 172 Å². The van der Waals surface area contributed by atoms with Crippen LogP contribution in [0.25, 0.3) is 6.08 Å². The molecule has 2 aromatic rings. The first-order chi connectivity index (χ1) is 14.1. The van der Waals surface area contributed by atoms with Gasteiger partial charge in [0.05, 0.1) is 30.2 Å². The van der Waals surface area contributed by atoms with Gasteiger partial charge in [0.15, 0.2) is 11.5 Å². The summed E-state index contributed by atoms with van der Waals surface area (Å²) in [5.41, 5.74) is 1.99. The van der Waals surface area contributed by atoms with Crippen molar-refractivity contribution in [1.29, 1.82) is 5.26 Å². The molecule has 1 fully saturated rings. The van der Waals surface area contributed by atoms with Crippen molar-refractivity contribution in [2.45, 2.75) is 6.61 Å². The van der Waals surface area contributed by atoms with Gasteiger partial charge in [-0.15, -0.1) is 6.42 Å². The molecule has 0 spiro atoms. The molecule has 0 aliphatic carbocycles. The molecule has 0 aromatic heterocycles. The molecule has 144 valence electrons. The molecule has 0 atom stereocenters. The number of hydrogen-bond acceptors (Lipinski definition) is 6. The number of nitrogens with zero attached hydrogens (tertiary/aromatic N) is 2. The number of ether oxygens (including phenoxy) is 2. The zero-order valence-corrected chi connectivity index (χ0v) is 16.4. The van der Waals surface area contributed by atoms with E-state index in [0.29, 0.717) is 27.5 Å². The molecule has 29 heavy (non-hydrogen) atoms. The Balaban J connectivity index is 1.79. The second-order valence-electron chi connectivity index (χ2n) is 5.94. The third kappa shape index (κ3) is 4.43. The Bertz CT molecular complexity index is 1080. The van der Waals surface area contributed by atoms with Crippen LogP contribution in [-0.4, -0.2) is 29.7 Å². The summed E-state index contributed by atoms with van der Waals surface area (Å²) in [6.45, 7) is 0.159. The lowest BCUT2D eigenvalue weighted by atomic mass is 10.1. The Hall–Kier alpha value is -3.68. The van der Waals surface area contributed by atoms with Crippen molar-refractivity contribution in [3.05, 3.63) is 64.1 Å². The average Bonchev–Trinajstić information content (AvgIpc) is 3.00. The smallest absolute Gasteiger partial charge is 0.294 e. The van der Waals surface area contributed by atoms with Gasteiger partial charge in [-0.25, -0.2) is 0 Å². The van der Waals surface area contributed by atoms with Crippen molar-refractivity contribution in [3.8, 4) is 29.9 Å². The summed E-state index contributed by atoms with van der Waals surface area (Å²) in [6, 6.07) is 14.5. The lowest BCUT2D eigenvalue weighted by molar-refractivity contribution is -0.122. The molecular weight excluding hydrogens is 388 g/mol.